The van der Waals surface area contributed by atoms with Gasteiger partial charge in [0, 0.05) is 6.20 Å². The molecule has 0 radical (unpaired) electrons. The van der Waals surface area contributed by atoms with Crippen LogP contribution in [-0.2, 0) is 0 Å². The lowest BCUT2D eigenvalue weighted by atomic mass is 10.2. The molecule has 2 N–H and O–H groups in total. The molecule has 0 unspecified atom stereocenters. The van der Waals surface area contributed by atoms with Gasteiger partial charge in [0.1, 0.15) is 0 Å². The topological polar surface area (TPSA) is 37.0 Å². The predicted molar refractivity (Wildman–Crippen MR) is 41.1 cm³/mol. The molecule has 0 fully saturated rings. The lowest BCUT2D eigenvalue weighted by molar-refractivity contribution is 1.27. The van der Waals surface area contributed by atoms with Crippen LogP contribution in [0.15, 0.2) is 12.3 Å². The first-order valence-corrected chi connectivity index (χ1v) is 3.31. The number of rotatable bonds is 0. The molecule has 0 amide bonds. The molecule has 3 heteroatoms. The minimum Gasteiger partial charge on any atom is -0.365 e. The molecule has 0 saturated carbocycles. The maximum Gasteiger partial charge on any atom is 0.151 e. The van der Waals surface area contributed by atoms with E-state index in [0.717, 1.165) is 18.2 Å². The molecule has 10 heavy (non-hydrogen) atoms. The van der Waals surface area contributed by atoms with Crippen molar-refractivity contribution in [1.29, 1.82) is 0 Å². The molecular weight excluding hydrogens is 126 g/mol. The Morgan fingerprint density at radius 1 is 1.50 bits per heavy atom. The fourth-order valence-corrected chi connectivity index (χ4v) is 1.13. The van der Waals surface area contributed by atoms with Crippen LogP contribution >= 0.6 is 0 Å². The molecule has 1 aliphatic rings. The molecule has 0 spiro atoms. The number of nitrogens with zero attached hydrogens (tertiary/aromatic N) is 1. The Kier molecular flexibility index (Phi) is 1.03. The first kappa shape index (κ1) is 5.53. The quantitative estimate of drug-likeness (QED) is 0.561. The van der Waals surface area contributed by atoms with Crippen molar-refractivity contribution in [1.82, 2.24) is 4.98 Å². The van der Waals surface area contributed by atoms with Crippen LogP contribution in [0, 0.1) is 6.92 Å². The summed E-state index contributed by atoms with van der Waals surface area (Å²) in [5, 5.41) is 6.31. The van der Waals surface area contributed by atoms with E-state index in [2.05, 4.69) is 22.5 Å². The summed E-state index contributed by atoms with van der Waals surface area (Å²) in [6.45, 7) is 2.87. The Bertz CT molecular complexity index is 257. The van der Waals surface area contributed by atoms with Crippen molar-refractivity contribution < 1.29 is 0 Å². The summed E-state index contributed by atoms with van der Waals surface area (Å²) in [6.07, 6.45) is 1.81. The molecule has 0 saturated heterocycles. The smallest absolute Gasteiger partial charge is 0.151 e. The van der Waals surface area contributed by atoms with E-state index >= 15 is 0 Å². The molecular formula is C7H9N3. The summed E-state index contributed by atoms with van der Waals surface area (Å²) in [6, 6.07) is 2.00. The van der Waals surface area contributed by atoms with E-state index in [0.29, 0.717) is 0 Å². The summed E-state index contributed by atoms with van der Waals surface area (Å²) in [5.41, 5.74) is 2.39. The van der Waals surface area contributed by atoms with Crippen molar-refractivity contribution in [3.05, 3.63) is 17.8 Å². The minimum atomic E-state index is 0.799. The number of fused-ring (bicyclic) bond motifs is 1. The third-order valence-electron chi connectivity index (χ3n) is 1.68. The highest BCUT2D eigenvalue weighted by Gasteiger charge is 2.10. The highest BCUT2D eigenvalue weighted by molar-refractivity contribution is 5.72. The number of anilines is 2. The standard InChI is InChI=1S/C7H9N3/c1-5-2-3-8-7-6(5)9-4-10-7/h2-3,9H,4H2,1H3,(H,8,10). The van der Waals surface area contributed by atoms with E-state index in [-0.39, 0.29) is 0 Å². The molecule has 2 rings (SSSR count). The monoisotopic (exact) mass is 135 g/mol. The Morgan fingerprint density at radius 3 is 3.20 bits per heavy atom. The van der Waals surface area contributed by atoms with Crippen LogP contribution in [0.5, 0.6) is 0 Å². The van der Waals surface area contributed by atoms with Crippen LogP contribution in [0.3, 0.4) is 0 Å². The summed E-state index contributed by atoms with van der Waals surface area (Å²) in [7, 11) is 0. The van der Waals surface area contributed by atoms with E-state index in [1.165, 1.54) is 5.56 Å². The van der Waals surface area contributed by atoms with Gasteiger partial charge in [-0.25, -0.2) is 4.98 Å². The first-order chi connectivity index (χ1) is 4.88. The maximum atomic E-state index is 4.15. The Hall–Kier alpha value is -1.25. The van der Waals surface area contributed by atoms with Gasteiger partial charge in [-0.2, -0.15) is 0 Å². The van der Waals surface area contributed by atoms with Crippen LogP contribution in [0.2, 0.25) is 0 Å². The highest BCUT2D eigenvalue weighted by Crippen LogP contribution is 2.25. The molecule has 0 bridgehead atoms. The summed E-state index contributed by atoms with van der Waals surface area (Å²) in [4.78, 5) is 4.15. The van der Waals surface area contributed by atoms with Gasteiger partial charge in [0.25, 0.3) is 0 Å². The SMILES string of the molecule is Cc1ccnc2c1NCN2. The van der Waals surface area contributed by atoms with Crippen LogP contribution in [-0.4, -0.2) is 11.7 Å². The molecule has 1 aromatic rings. The molecule has 0 aliphatic carbocycles. The zero-order valence-electron chi connectivity index (χ0n) is 5.81. The number of aromatic nitrogens is 1. The van der Waals surface area contributed by atoms with E-state index in [9.17, 15) is 0 Å². The zero-order valence-corrected chi connectivity index (χ0v) is 5.81. The lowest BCUT2D eigenvalue weighted by Crippen LogP contribution is -1.99. The summed E-state index contributed by atoms with van der Waals surface area (Å²) >= 11 is 0. The second kappa shape index (κ2) is 1.87. The molecule has 0 atom stereocenters. The average Bonchev–Trinajstić information content (AvgIpc) is 2.36. The van der Waals surface area contributed by atoms with E-state index < -0.39 is 0 Å². The summed E-state index contributed by atoms with van der Waals surface area (Å²) in [5.74, 6) is 0.972. The van der Waals surface area contributed by atoms with Crippen molar-refractivity contribution in [2.24, 2.45) is 0 Å². The molecule has 52 valence electrons. The Labute approximate surface area is 59.5 Å². The fraction of sp³-hybridized carbons (Fsp3) is 0.286. The van der Waals surface area contributed by atoms with Gasteiger partial charge in [0.05, 0.1) is 12.4 Å². The van der Waals surface area contributed by atoms with Crippen LogP contribution < -0.4 is 10.6 Å². The van der Waals surface area contributed by atoms with Crippen molar-refractivity contribution in [3.63, 3.8) is 0 Å². The second-order valence-corrected chi connectivity index (χ2v) is 2.38. The van der Waals surface area contributed by atoms with Gasteiger partial charge >= 0.3 is 0 Å². The number of nitrogens with one attached hydrogen (secondary N) is 2. The van der Waals surface area contributed by atoms with Crippen molar-refractivity contribution >= 4 is 11.5 Å². The first-order valence-electron chi connectivity index (χ1n) is 3.31. The van der Waals surface area contributed by atoms with Gasteiger partial charge in [-0.1, -0.05) is 0 Å². The Morgan fingerprint density at radius 2 is 2.40 bits per heavy atom. The van der Waals surface area contributed by atoms with Crippen LogP contribution in [0.25, 0.3) is 0 Å². The molecule has 2 heterocycles. The molecule has 0 aromatic carbocycles. The molecule has 1 aliphatic heterocycles. The second-order valence-electron chi connectivity index (χ2n) is 2.38. The van der Waals surface area contributed by atoms with Crippen LogP contribution in [0.1, 0.15) is 5.56 Å². The van der Waals surface area contributed by atoms with E-state index in [1.54, 1.807) is 0 Å². The fourth-order valence-electron chi connectivity index (χ4n) is 1.13. The van der Waals surface area contributed by atoms with Gasteiger partial charge in [-0.3, -0.25) is 0 Å². The number of pyridine rings is 1. The normalized spacial score (nSPS) is 13.7. The lowest BCUT2D eigenvalue weighted by Gasteiger charge is -1.99. The van der Waals surface area contributed by atoms with Gasteiger partial charge in [0.2, 0.25) is 0 Å². The largest absolute Gasteiger partial charge is 0.365 e. The molecule has 1 aromatic heterocycles. The van der Waals surface area contributed by atoms with Gasteiger partial charge in [-0.15, -0.1) is 0 Å². The predicted octanol–water partition coefficient (Wildman–Crippen LogP) is 1.18. The average molecular weight is 135 g/mol. The summed E-state index contributed by atoms with van der Waals surface area (Å²) < 4.78 is 0. The van der Waals surface area contributed by atoms with Crippen molar-refractivity contribution in [2.45, 2.75) is 6.92 Å². The van der Waals surface area contributed by atoms with E-state index in [1.807, 2.05) is 12.3 Å². The van der Waals surface area contributed by atoms with Gasteiger partial charge in [-0.05, 0) is 18.6 Å². The van der Waals surface area contributed by atoms with Gasteiger partial charge < -0.3 is 10.6 Å². The molecule has 3 nitrogen and oxygen atoms in total. The number of hydrogen-bond donors (Lipinski definition) is 2. The van der Waals surface area contributed by atoms with Crippen molar-refractivity contribution in [2.75, 3.05) is 17.3 Å². The minimum absolute atomic E-state index is 0.799. The number of hydrogen-bond acceptors (Lipinski definition) is 3. The third-order valence-corrected chi connectivity index (χ3v) is 1.68. The Balaban J connectivity index is 2.59. The number of aryl methyl sites for hydroxylation is 1. The zero-order chi connectivity index (χ0) is 6.97. The highest BCUT2D eigenvalue weighted by atomic mass is 15.2. The van der Waals surface area contributed by atoms with Crippen LogP contribution in [0.4, 0.5) is 11.5 Å². The van der Waals surface area contributed by atoms with E-state index in [4.69, 9.17) is 0 Å². The van der Waals surface area contributed by atoms with Gasteiger partial charge in [0.15, 0.2) is 5.82 Å². The van der Waals surface area contributed by atoms with Crippen molar-refractivity contribution in [3.8, 4) is 0 Å². The maximum absolute atomic E-state index is 4.15. The third kappa shape index (κ3) is 0.635.